The first-order valence-electron chi connectivity index (χ1n) is 6.53. The van der Waals surface area contributed by atoms with E-state index in [0.29, 0.717) is 0 Å². The summed E-state index contributed by atoms with van der Waals surface area (Å²) in [4.78, 5) is 0. The van der Waals surface area contributed by atoms with Crippen molar-refractivity contribution in [3.05, 3.63) is 29.8 Å². The van der Waals surface area contributed by atoms with Gasteiger partial charge in [-0.1, -0.05) is 38.3 Å². The predicted molar refractivity (Wildman–Crippen MR) is 76.6 cm³/mol. The first-order chi connectivity index (χ1) is 9.30. The van der Waals surface area contributed by atoms with Crippen molar-refractivity contribution in [1.82, 2.24) is 0 Å². The molecule has 0 spiro atoms. The Labute approximate surface area is 114 Å². The van der Waals surface area contributed by atoms with Crippen molar-refractivity contribution in [2.75, 3.05) is 5.43 Å². The zero-order valence-corrected chi connectivity index (χ0v) is 11.2. The molecule has 0 heterocycles. The normalized spacial score (nSPS) is 9.21. The van der Waals surface area contributed by atoms with Crippen molar-refractivity contribution in [2.45, 2.75) is 39.0 Å². The number of nitriles is 2. The van der Waals surface area contributed by atoms with E-state index in [4.69, 9.17) is 10.5 Å². The molecule has 0 bridgehead atoms. The fourth-order valence-electron chi connectivity index (χ4n) is 1.70. The van der Waals surface area contributed by atoms with Gasteiger partial charge in [0, 0.05) is 0 Å². The molecule has 0 aliphatic rings. The van der Waals surface area contributed by atoms with Gasteiger partial charge in [0.25, 0.3) is 0 Å². The van der Waals surface area contributed by atoms with Crippen molar-refractivity contribution in [1.29, 1.82) is 10.5 Å². The molecule has 4 heteroatoms. The van der Waals surface area contributed by atoms with Gasteiger partial charge in [-0.3, -0.25) is 5.43 Å². The van der Waals surface area contributed by atoms with Gasteiger partial charge in [0.1, 0.15) is 12.1 Å². The maximum atomic E-state index is 8.55. The first kappa shape index (κ1) is 14.7. The molecule has 0 saturated heterocycles. The minimum Gasteiger partial charge on any atom is -0.277 e. The summed E-state index contributed by atoms with van der Waals surface area (Å²) in [5.41, 5.74) is 4.59. The number of nitrogens with zero attached hydrogens (tertiary/aromatic N) is 3. The van der Waals surface area contributed by atoms with Crippen LogP contribution in [-0.2, 0) is 6.42 Å². The van der Waals surface area contributed by atoms with Crippen LogP contribution < -0.4 is 5.43 Å². The quantitative estimate of drug-likeness (QED) is 0.459. The molecule has 1 N–H and O–H groups in total. The van der Waals surface area contributed by atoms with Gasteiger partial charge in [0.2, 0.25) is 5.71 Å². The summed E-state index contributed by atoms with van der Waals surface area (Å²) in [7, 11) is 0. The number of rotatable bonds is 7. The van der Waals surface area contributed by atoms with E-state index in [1.807, 2.05) is 24.3 Å². The van der Waals surface area contributed by atoms with Crippen LogP contribution in [0.2, 0.25) is 0 Å². The van der Waals surface area contributed by atoms with Gasteiger partial charge in [0.05, 0.1) is 5.69 Å². The maximum absolute atomic E-state index is 8.55. The number of hydrazone groups is 1. The lowest BCUT2D eigenvalue weighted by molar-refractivity contribution is 0.667. The summed E-state index contributed by atoms with van der Waals surface area (Å²) in [5, 5.41) is 20.8. The Morgan fingerprint density at radius 3 is 2.37 bits per heavy atom. The fraction of sp³-hybridized carbons (Fsp3) is 0.400. The van der Waals surface area contributed by atoms with E-state index in [1.165, 1.54) is 31.2 Å². The van der Waals surface area contributed by atoms with Crippen LogP contribution in [0.25, 0.3) is 0 Å². The standard InChI is InChI=1S/C15H18N4/c1-2-3-4-5-6-13-7-9-14(10-8-13)18-19-15(11-16)12-17/h7-10,18H,2-6H2,1H3. The highest BCUT2D eigenvalue weighted by Crippen LogP contribution is 2.12. The van der Waals surface area contributed by atoms with E-state index >= 15 is 0 Å². The van der Waals surface area contributed by atoms with Crippen LogP contribution >= 0.6 is 0 Å². The van der Waals surface area contributed by atoms with Gasteiger partial charge in [0.15, 0.2) is 0 Å². The molecule has 1 rings (SSSR count). The number of hydrogen-bond acceptors (Lipinski definition) is 4. The van der Waals surface area contributed by atoms with Gasteiger partial charge < -0.3 is 0 Å². The molecule has 0 aliphatic carbocycles. The molecule has 0 aliphatic heterocycles. The van der Waals surface area contributed by atoms with Crippen LogP contribution in [0.15, 0.2) is 29.4 Å². The van der Waals surface area contributed by atoms with Crippen molar-refractivity contribution in [3.8, 4) is 12.1 Å². The van der Waals surface area contributed by atoms with E-state index in [2.05, 4.69) is 17.5 Å². The Morgan fingerprint density at radius 1 is 1.11 bits per heavy atom. The molecular formula is C15H18N4. The fourth-order valence-corrected chi connectivity index (χ4v) is 1.70. The first-order valence-corrected chi connectivity index (χ1v) is 6.53. The minimum atomic E-state index is -0.177. The molecule has 0 unspecified atom stereocenters. The van der Waals surface area contributed by atoms with Gasteiger partial charge in [-0.2, -0.15) is 15.6 Å². The van der Waals surface area contributed by atoms with E-state index in [-0.39, 0.29) is 5.71 Å². The highest BCUT2D eigenvalue weighted by molar-refractivity contribution is 6.10. The number of hydrogen-bond donors (Lipinski definition) is 1. The van der Waals surface area contributed by atoms with Gasteiger partial charge in [-0.15, -0.1) is 0 Å². The molecular weight excluding hydrogens is 236 g/mol. The topological polar surface area (TPSA) is 72.0 Å². The lowest BCUT2D eigenvalue weighted by atomic mass is 10.1. The maximum Gasteiger partial charge on any atom is 0.237 e. The molecule has 0 amide bonds. The molecule has 0 aromatic heterocycles. The van der Waals surface area contributed by atoms with E-state index in [9.17, 15) is 0 Å². The van der Waals surface area contributed by atoms with Crippen molar-refractivity contribution in [2.24, 2.45) is 5.10 Å². The molecule has 19 heavy (non-hydrogen) atoms. The van der Waals surface area contributed by atoms with Crippen molar-refractivity contribution < 1.29 is 0 Å². The largest absolute Gasteiger partial charge is 0.277 e. The highest BCUT2D eigenvalue weighted by atomic mass is 15.3. The van der Waals surface area contributed by atoms with Crippen molar-refractivity contribution >= 4 is 11.4 Å². The summed E-state index contributed by atoms with van der Waals surface area (Å²) in [6, 6.07) is 11.3. The average molecular weight is 254 g/mol. The molecule has 0 saturated carbocycles. The van der Waals surface area contributed by atoms with Crippen LogP contribution in [0, 0.1) is 22.7 Å². The third-order valence-corrected chi connectivity index (χ3v) is 2.78. The zero-order chi connectivity index (χ0) is 13.9. The zero-order valence-electron chi connectivity index (χ0n) is 11.2. The minimum absolute atomic E-state index is 0.177. The summed E-state index contributed by atoms with van der Waals surface area (Å²) in [6.45, 7) is 2.21. The summed E-state index contributed by atoms with van der Waals surface area (Å²) in [5.74, 6) is 0. The molecule has 4 nitrogen and oxygen atoms in total. The van der Waals surface area contributed by atoms with Crippen LogP contribution in [0.4, 0.5) is 5.69 Å². The predicted octanol–water partition coefficient (Wildman–Crippen LogP) is 3.62. The third-order valence-electron chi connectivity index (χ3n) is 2.78. The van der Waals surface area contributed by atoms with Crippen molar-refractivity contribution in [3.63, 3.8) is 0 Å². The van der Waals surface area contributed by atoms with E-state index in [1.54, 1.807) is 12.1 Å². The van der Waals surface area contributed by atoms with Crippen LogP contribution in [0.5, 0.6) is 0 Å². The Hall–Kier alpha value is -2.33. The molecule has 98 valence electrons. The Balaban J connectivity index is 2.46. The summed E-state index contributed by atoms with van der Waals surface area (Å²) in [6.07, 6.45) is 6.12. The lowest BCUT2D eigenvalue weighted by Crippen LogP contribution is -1.96. The monoisotopic (exact) mass is 254 g/mol. The van der Waals surface area contributed by atoms with Gasteiger partial charge in [-0.05, 0) is 30.5 Å². The van der Waals surface area contributed by atoms with E-state index in [0.717, 1.165) is 12.1 Å². The number of aryl methyl sites for hydroxylation is 1. The Bertz CT molecular complexity index is 472. The second-order valence-corrected chi connectivity index (χ2v) is 4.30. The van der Waals surface area contributed by atoms with Crippen LogP contribution in [0.3, 0.4) is 0 Å². The second-order valence-electron chi connectivity index (χ2n) is 4.30. The molecule has 0 fully saturated rings. The Kier molecular flexibility index (Phi) is 6.76. The average Bonchev–Trinajstić information content (AvgIpc) is 2.46. The molecule has 1 aromatic rings. The SMILES string of the molecule is CCCCCCc1ccc(NN=C(C#N)C#N)cc1. The smallest absolute Gasteiger partial charge is 0.237 e. The Morgan fingerprint density at radius 2 is 1.79 bits per heavy atom. The highest BCUT2D eigenvalue weighted by Gasteiger charge is 1.96. The number of nitrogens with one attached hydrogen (secondary N) is 1. The number of benzene rings is 1. The van der Waals surface area contributed by atoms with Crippen LogP contribution in [0.1, 0.15) is 38.2 Å². The molecule has 0 atom stereocenters. The second kappa shape index (κ2) is 8.72. The number of anilines is 1. The van der Waals surface area contributed by atoms with E-state index < -0.39 is 0 Å². The number of unbranched alkanes of at least 4 members (excludes halogenated alkanes) is 3. The summed E-state index contributed by atoms with van der Waals surface area (Å²) < 4.78 is 0. The lowest BCUT2D eigenvalue weighted by Gasteiger charge is -2.03. The molecule has 0 radical (unpaired) electrons. The van der Waals surface area contributed by atoms with Gasteiger partial charge in [-0.25, -0.2) is 0 Å². The molecule has 1 aromatic carbocycles. The van der Waals surface area contributed by atoms with Gasteiger partial charge >= 0.3 is 0 Å². The summed E-state index contributed by atoms with van der Waals surface area (Å²) >= 11 is 0. The third kappa shape index (κ3) is 5.70. The van der Waals surface area contributed by atoms with Crippen LogP contribution in [-0.4, -0.2) is 5.71 Å².